The number of benzene rings is 3. The highest BCUT2D eigenvalue weighted by atomic mass is 32.1. The molecule has 0 aliphatic carbocycles. The number of thiazole rings is 1. The second-order valence-corrected chi connectivity index (χ2v) is 18.8. The predicted octanol–water partition coefficient (Wildman–Crippen LogP) is 6.98. The van der Waals surface area contributed by atoms with Gasteiger partial charge in [0.05, 0.1) is 45.7 Å². The highest BCUT2D eigenvalue weighted by molar-refractivity contribution is 7.23. The third-order valence-electron chi connectivity index (χ3n) is 13.2. The Kier molecular flexibility index (Phi) is 14.0. The third kappa shape index (κ3) is 9.19. The summed E-state index contributed by atoms with van der Waals surface area (Å²) in [5.74, 6) is -6.84. The molecule has 1 amide bonds. The van der Waals surface area contributed by atoms with Gasteiger partial charge in [-0.3, -0.25) is 19.3 Å². The number of carbonyl (C=O) groups is 3. The number of amides is 1. The molecule has 9 atom stereocenters. The summed E-state index contributed by atoms with van der Waals surface area (Å²) < 4.78 is 24.4. The molecule has 348 valence electrons. The molecular formula is C49H60N4O11S. The number of hydrogen-bond acceptors (Lipinski definition) is 15. The molecule has 1 saturated heterocycles. The molecular weight excluding hydrogens is 853 g/mol. The van der Waals surface area contributed by atoms with Gasteiger partial charge in [0, 0.05) is 93.9 Å². The molecule has 3 aliphatic heterocycles. The predicted molar refractivity (Wildman–Crippen MR) is 249 cm³/mol. The number of piperazine rings is 1. The number of anilines is 2. The highest BCUT2D eigenvalue weighted by Gasteiger charge is 2.50. The van der Waals surface area contributed by atoms with Crippen molar-refractivity contribution in [3.05, 3.63) is 83.2 Å². The molecule has 1 aromatic heterocycles. The molecule has 1 fully saturated rings. The second-order valence-electron chi connectivity index (χ2n) is 17.8. The van der Waals surface area contributed by atoms with E-state index in [2.05, 4.69) is 27.2 Å². The van der Waals surface area contributed by atoms with E-state index < -0.39 is 77.3 Å². The van der Waals surface area contributed by atoms with Crippen molar-refractivity contribution in [1.29, 1.82) is 0 Å². The van der Waals surface area contributed by atoms with E-state index in [0.29, 0.717) is 22.9 Å². The van der Waals surface area contributed by atoms with Gasteiger partial charge in [0.2, 0.25) is 0 Å². The van der Waals surface area contributed by atoms with Gasteiger partial charge in [-0.15, -0.1) is 0 Å². The highest BCUT2D eigenvalue weighted by Crippen LogP contribution is 2.55. The lowest BCUT2D eigenvalue weighted by Crippen LogP contribution is -2.46. The summed E-state index contributed by atoms with van der Waals surface area (Å²) in [6, 6.07) is 10.2. The van der Waals surface area contributed by atoms with Crippen LogP contribution in [-0.4, -0.2) is 111 Å². The lowest BCUT2D eigenvalue weighted by atomic mass is 9.78. The van der Waals surface area contributed by atoms with Crippen LogP contribution in [0.25, 0.3) is 21.0 Å². The molecule has 4 aromatic rings. The zero-order valence-electron chi connectivity index (χ0n) is 38.3. The van der Waals surface area contributed by atoms with Crippen LogP contribution in [0.15, 0.2) is 66.5 Å². The van der Waals surface area contributed by atoms with Crippen LogP contribution in [0, 0.1) is 30.6 Å². The Morgan fingerprint density at radius 1 is 0.954 bits per heavy atom. The van der Waals surface area contributed by atoms with E-state index in [0.717, 1.165) is 19.6 Å². The first-order chi connectivity index (χ1) is 30.9. The summed E-state index contributed by atoms with van der Waals surface area (Å²) in [4.78, 5) is 50.8. The lowest BCUT2D eigenvalue weighted by molar-refractivity contribution is -0.160. The minimum absolute atomic E-state index is 0.0191. The molecule has 5 N–H and O–H groups in total. The van der Waals surface area contributed by atoms with Gasteiger partial charge in [-0.05, 0) is 25.5 Å². The Morgan fingerprint density at radius 3 is 2.31 bits per heavy atom. The first kappa shape index (κ1) is 47.4. The van der Waals surface area contributed by atoms with Gasteiger partial charge in [-0.1, -0.05) is 87.6 Å². The van der Waals surface area contributed by atoms with Crippen LogP contribution < -0.4 is 15.0 Å². The smallest absolute Gasteiger partial charge is 0.312 e. The monoisotopic (exact) mass is 912 g/mol. The van der Waals surface area contributed by atoms with E-state index in [4.69, 9.17) is 23.9 Å². The average molecular weight is 913 g/mol. The molecule has 16 heteroatoms. The Balaban J connectivity index is 1.35. The van der Waals surface area contributed by atoms with Crippen molar-refractivity contribution >= 4 is 60.8 Å². The normalized spacial score (nSPS) is 30.1. The quantitative estimate of drug-likeness (QED) is 0.101. The summed E-state index contributed by atoms with van der Waals surface area (Å²) in [6.07, 6.45) is 3.97. The number of hydrogen-bond donors (Lipinski definition) is 5. The number of aromatic nitrogens is 1. The van der Waals surface area contributed by atoms with E-state index in [1.54, 1.807) is 65.8 Å². The molecule has 0 saturated carbocycles. The van der Waals surface area contributed by atoms with Crippen molar-refractivity contribution in [3.63, 3.8) is 0 Å². The summed E-state index contributed by atoms with van der Waals surface area (Å²) >= 11 is 1.25. The molecule has 15 nitrogen and oxygen atoms in total. The fourth-order valence-electron chi connectivity index (χ4n) is 9.19. The summed E-state index contributed by atoms with van der Waals surface area (Å²) in [6.45, 7) is 16.5. The van der Waals surface area contributed by atoms with Crippen LogP contribution >= 0.6 is 11.3 Å². The van der Waals surface area contributed by atoms with Gasteiger partial charge in [0.1, 0.15) is 23.3 Å². The number of fused-ring (bicyclic) bond motifs is 1. The van der Waals surface area contributed by atoms with Crippen LogP contribution in [0.3, 0.4) is 0 Å². The number of rotatable bonds is 5. The van der Waals surface area contributed by atoms with E-state index in [9.17, 15) is 34.8 Å². The number of aliphatic hydroxyl groups is 2. The summed E-state index contributed by atoms with van der Waals surface area (Å²) in [5.41, 5.74) is 1.97. The molecule has 0 unspecified atom stereocenters. The zero-order valence-corrected chi connectivity index (χ0v) is 39.1. The van der Waals surface area contributed by atoms with Crippen molar-refractivity contribution in [2.24, 2.45) is 23.7 Å². The number of nitrogens with zero attached hydrogens (tertiary/aromatic N) is 3. The maximum Gasteiger partial charge on any atom is 0.312 e. The van der Waals surface area contributed by atoms with Crippen LogP contribution in [-0.2, 0) is 30.3 Å². The van der Waals surface area contributed by atoms with E-state index in [-0.39, 0.29) is 50.2 Å². The Labute approximate surface area is 382 Å². The largest absolute Gasteiger partial charge is 0.507 e. The Hall–Kier alpha value is -5.52. The van der Waals surface area contributed by atoms with Gasteiger partial charge in [0.15, 0.2) is 10.9 Å². The maximum atomic E-state index is 14.8. The minimum atomic E-state index is -1.96. The van der Waals surface area contributed by atoms with E-state index in [1.807, 2.05) is 18.2 Å². The standard InChI is InChI=1S/C49H60N4O11S/c1-25-14-13-15-26(2)47(60)50-38-42(58)35-34(37-45(38)65-48(51-37)53-21-19-52(20-22-53)24-32-16-11-10-12-17-32)36-44(30(6)41(35)57)64-49(8,46(36)59)62-23-18-33(61-9)27(3)43(63-31(7)54)29(5)40(56)28(4)39(25)55/h10-18,23,25,27-29,33,39-40,43,55-58H,19-22,24H2,1-9H3,(H,50,60)/b14-13+,23-18+,26-15-/t25-,27+,28+,29+,33+,39-,40+,43+,49-/m0/s1. The number of phenols is 2. The number of carbonyl (C=O) groups excluding carboxylic acids is 3. The fraction of sp³-hybridized carbons (Fsp3) is 0.469. The topological polar surface area (TPSA) is 200 Å². The van der Waals surface area contributed by atoms with Crippen LogP contribution in [0.1, 0.15) is 70.0 Å². The van der Waals surface area contributed by atoms with E-state index in [1.165, 1.54) is 44.1 Å². The van der Waals surface area contributed by atoms with Gasteiger partial charge in [-0.25, -0.2) is 4.98 Å². The number of Topliss-reactive ketones (excluding diaryl/α,β-unsaturated/α-hetero) is 1. The van der Waals surface area contributed by atoms with Crippen molar-refractivity contribution in [2.75, 3.05) is 43.5 Å². The number of ketones is 1. The van der Waals surface area contributed by atoms with Gasteiger partial charge < -0.3 is 49.6 Å². The maximum absolute atomic E-state index is 14.8. The number of aromatic hydroxyl groups is 2. The molecule has 3 aliphatic rings. The number of esters is 1. The van der Waals surface area contributed by atoms with Crippen LogP contribution in [0.5, 0.6) is 17.2 Å². The number of allylic oxidation sites excluding steroid dienone is 2. The molecule has 0 radical (unpaired) electrons. The minimum Gasteiger partial charge on any atom is -0.507 e. The summed E-state index contributed by atoms with van der Waals surface area (Å²) in [7, 11) is 1.47. The Bertz CT molecular complexity index is 2550. The number of nitrogens with one attached hydrogen (secondary N) is 1. The Morgan fingerprint density at radius 2 is 1.65 bits per heavy atom. The SMILES string of the molecule is CO[C@@H]1/C=C/O[C@@]2(C)Oc3c(C)c(O)c4c(O)c(c5sc(N6CCN(Cc7ccccc7)CC6)nc5c4c3C2=O)NC(=O)/C(C)=C\C=C\[C@H](C)[C@H](O)[C@@H](C)[C@@H](O)[C@@H](C)[C@H](OC(C)=O)[C@@H]1C. The molecule has 4 heterocycles. The van der Waals surface area contributed by atoms with Gasteiger partial charge in [0.25, 0.3) is 11.7 Å². The van der Waals surface area contributed by atoms with Crippen LogP contribution in [0.2, 0.25) is 0 Å². The fourth-order valence-corrected chi connectivity index (χ4v) is 10.3. The van der Waals surface area contributed by atoms with E-state index >= 15 is 0 Å². The number of methoxy groups -OCH3 is 1. The van der Waals surface area contributed by atoms with Crippen molar-refractivity contribution in [1.82, 2.24) is 9.88 Å². The van der Waals surface area contributed by atoms with Crippen LogP contribution in [0.4, 0.5) is 10.8 Å². The lowest BCUT2D eigenvalue weighted by Gasteiger charge is -2.38. The number of phenolic OH excluding ortho intramolecular Hbond substituents is 2. The molecule has 65 heavy (non-hydrogen) atoms. The number of aliphatic hydroxyl groups excluding tert-OH is 2. The number of ether oxygens (including phenoxy) is 4. The second kappa shape index (κ2) is 19.1. The first-order valence-electron chi connectivity index (χ1n) is 22.0. The molecule has 4 bridgehead atoms. The molecule has 3 aromatic carbocycles. The molecule has 0 spiro atoms. The zero-order chi connectivity index (χ0) is 47.1. The molecule has 7 rings (SSSR count). The van der Waals surface area contributed by atoms with Crippen molar-refractivity contribution < 1.29 is 53.8 Å². The summed E-state index contributed by atoms with van der Waals surface area (Å²) in [5, 5.41) is 50.6. The van der Waals surface area contributed by atoms with Gasteiger partial charge >= 0.3 is 11.8 Å². The first-order valence-corrected chi connectivity index (χ1v) is 22.8. The third-order valence-corrected chi connectivity index (χ3v) is 14.4. The van der Waals surface area contributed by atoms with Crippen molar-refractivity contribution in [3.8, 4) is 17.2 Å². The van der Waals surface area contributed by atoms with Crippen molar-refractivity contribution in [2.45, 2.75) is 92.1 Å². The average Bonchev–Trinajstić information content (AvgIpc) is 3.84. The van der Waals surface area contributed by atoms with Gasteiger partial charge in [-0.2, -0.15) is 0 Å².